The van der Waals surface area contributed by atoms with Gasteiger partial charge in [-0.2, -0.15) is 4.31 Å². The van der Waals surface area contributed by atoms with Gasteiger partial charge in [0.25, 0.3) is 0 Å². The lowest BCUT2D eigenvalue weighted by Gasteiger charge is -2.26. The zero-order chi connectivity index (χ0) is 14.2. The molecule has 1 fully saturated rings. The van der Waals surface area contributed by atoms with Gasteiger partial charge in [0.05, 0.1) is 9.92 Å². The Bertz CT molecular complexity index is 570. The van der Waals surface area contributed by atoms with Crippen molar-refractivity contribution in [3.8, 4) is 0 Å². The largest absolute Gasteiger partial charge is 0.243 e. The molecule has 1 aliphatic rings. The van der Waals surface area contributed by atoms with Crippen LogP contribution in [-0.4, -0.2) is 25.3 Å². The number of halogens is 2. The highest BCUT2D eigenvalue weighted by Crippen LogP contribution is 2.33. The van der Waals surface area contributed by atoms with Gasteiger partial charge in [-0.25, -0.2) is 8.42 Å². The summed E-state index contributed by atoms with van der Waals surface area (Å²) in [6, 6.07) is 4.69. The van der Waals surface area contributed by atoms with E-state index in [9.17, 15) is 8.42 Å². The summed E-state index contributed by atoms with van der Waals surface area (Å²) in [5, 5.41) is 0.511. The van der Waals surface area contributed by atoms with Crippen molar-refractivity contribution in [1.82, 2.24) is 4.31 Å². The van der Waals surface area contributed by atoms with Crippen molar-refractivity contribution in [3.63, 3.8) is 0 Å². The van der Waals surface area contributed by atoms with Crippen LogP contribution in [0.4, 0.5) is 0 Å². The van der Waals surface area contributed by atoms with Crippen molar-refractivity contribution < 1.29 is 8.42 Å². The summed E-state index contributed by atoms with van der Waals surface area (Å²) in [5.74, 6) is 0.521. The summed E-state index contributed by atoms with van der Waals surface area (Å²) >= 11 is 9.18. The standard InChI is InChI=1S/C13H17BrClNO2S/c1-9(2)16(8-10-3-4-10)19(17,18)11-5-6-13(15)12(14)7-11/h5-7,9-10H,3-4,8H2,1-2H3. The molecule has 0 atom stereocenters. The van der Waals surface area contributed by atoms with E-state index in [4.69, 9.17) is 11.6 Å². The molecule has 1 aromatic carbocycles. The molecule has 1 aromatic rings. The average molecular weight is 367 g/mol. The second kappa shape index (κ2) is 5.72. The highest BCUT2D eigenvalue weighted by Gasteiger charge is 2.33. The van der Waals surface area contributed by atoms with Crippen LogP contribution < -0.4 is 0 Å². The lowest BCUT2D eigenvalue weighted by Crippen LogP contribution is -2.38. The van der Waals surface area contributed by atoms with Gasteiger partial charge in [0, 0.05) is 17.1 Å². The topological polar surface area (TPSA) is 37.4 Å². The number of sulfonamides is 1. The molecule has 0 saturated heterocycles. The van der Waals surface area contributed by atoms with E-state index in [1.807, 2.05) is 13.8 Å². The van der Waals surface area contributed by atoms with Crippen LogP contribution >= 0.6 is 27.5 Å². The molecular weight excluding hydrogens is 350 g/mol. The van der Waals surface area contributed by atoms with Crippen molar-refractivity contribution in [3.05, 3.63) is 27.7 Å². The quantitative estimate of drug-likeness (QED) is 0.792. The predicted molar refractivity (Wildman–Crippen MR) is 80.9 cm³/mol. The van der Waals surface area contributed by atoms with Gasteiger partial charge >= 0.3 is 0 Å². The third-order valence-electron chi connectivity index (χ3n) is 3.21. The van der Waals surface area contributed by atoms with E-state index in [0.29, 0.717) is 22.0 Å². The Morgan fingerprint density at radius 1 is 1.42 bits per heavy atom. The zero-order valence-electron chi connectivity index (χ0n) is 10.9. The van der Waals surface area contributed by atoms with E-state index < -0.39 is 10.0 Å². The molecule has 106 valence electrons. The highest BCUT2D eigenvalue weighted by molar-refractivity contribution is 9.10. The summed E-state index contributed by atoms with van der Waals surface area (Å²) in [5.41, 5.74) is 0. The second-order valence-corrected chi connectivity index (χ2v) is 8.34. The maximum Gasteiger partial charge on any atom is 0.243 e. The van der Waals surface area contributed by atoms with E-state index in [1.54, 1.807) is 22.5 Å². The first-order valence-electron chi connectivity index (χ1n) is 6.29. The zero-order valence-corrected chi connectivity index (χ0v) is 14.1. The monoisotopic (exact) mass is 365 g/mol. The SMILES string of the molecule is CC(C)N(CC1CC1)S(=O)(=O)c1ccc(Cl)c(Br)c1. The average Bonchev–Trinajstić information content (AvgIpc) is 3.12. The fraction of sp³-hybridized carbons (Fsp3) is 0.538. The van der Waals surface area contributed by atoms with E-state index >= 15 is 0 Å². The van der Waals surface area contributed by atoms with Gasteiger partial charge in [-0.3, -0.25) is 0 Å². The molecule has 0 heterocycles. The number of nitrogens with zero attached hydrogens (tertiary/aromatic N) is 1. The van der Waals surface area contributed by atoms with E-state index in [1.165, 1.54) is 0 Å². The van der Waals surface area contributed by atoms with Crippen LogP contribution in [0.2, 0.25) is 5.02 Å². The van der Waals surface area contributed by atoms with Crippen LogP contribution in [0.15, 0.2) is 27.6 Å². The van der Waals surface area contributed by atoms with Crippen molar-refractivity contribution in [2.45, 2.75) is 37.6 Å². The van der Waals surface area contributed by atoms with Gasteiger partial charge in [0.1, 0.15) is 0 Å². The van der Waals surface area contributed by atoms with E-state index in [2.05, 4.69) is 15.9 Å². The molecule has 1 saturated carbocycles. The minimum Gasteiger partial charge on any atom is -0.207 e. The van der Waals surface area contributed by atoms with Crippen LogP contribution in [0.25, 0.3) is 0 Å². The van der Waals surface area contributed by atoms with Gasteiger partial charge in [0.2, 0.25) is 10.0 Å². The van der Waals surface area contributed by atoms with Gasteiger partial charge in [-0.15, -0.1) is 0 Å². The number of hydrogen-bond acceptors (Lipinski definition) is 2. The third-order valence-corrected chi connectivity index (χ3v) is 6.46. The smallest absolute Gasteiger partial charge is 0.207 e. The molecule has 0 spiro atoms. The molecule has 2 rings (SSSR count). The maximum atomic E-state index is 12.7. The van der Waals surface area contributed by atoms with Crippen LogP contribution in [-0.2, 0) is 10.0 Å². The molecule has 3 nitrogen and oxygen atoms in total. The van der Waals surface area contributed by atoms with Crippen LogP contribution in [0.3, 0.4) is 0 Å². The Hall–Kier alpha value is -0.100. The van der Waals surface area contributed by atoms with Gasteiger partial charge in [-0.05, 0) is 66.7 Å². The molecule has 0 bridgehead atoms. The first kappa shape index (κ1) is 15.3. The third kappa shape index (κ3) is 3.51. The fourth-order valence-corrected chi connectivity index (χ4v) is 4.30. The molecule has 6 heteroatoms. The van der Waals surface area contributed by atoms with Gasteiger partial charge < -0.3 is 0 Å². The molecule has 0 unspecified atom stereocenters. The predicted octanol–water partition coefficient (Wildman–Crippen LogP) is 3.91. The molecule has 0 radical (unpaired) electrons. The summed E-state index contributed by atoms with van der Waals surface area (Å²) in [7, 11) is -3.45. The highest BCUT2D eigenvalue weighted by atomic mass is 79.9. The summed E-state index contributed by atoms with van der Waals surface area (Å²) in [6.07, 6.45) is 2.26. The lowest BCUT2D eigenvalue weighted by molar-refractivity contribution is 0.341. The molecule has 0 aromatic heterocycles. The van der Waals surface area contributed by atoms with Crippen LogP contribution in [0.5, 0.6) is 0 Å². The van der Waals surface area contributed by atoms with Crippen LogP contribution in [0.1, 0.15) is 26.7 Å². The first-order chi connectivity index (χ1) is 8.82. The molecule has 19 heavy (non-hydrogen) atoms. The Labute approximate surface area is 128 Å². The minimum absolute atomic E-state index is 0.0416. The van der Waals surface area contributed by atoms with E-state index in [0.717, 1.165) is 12.8 Å². The number of rotatable bonds is 5. The van der Waals surface area contributed by atoms with E-state index in [-0.39, 0.29) is 10.9 Å². The van der Waals surface area contributed by atoms with Gasteiger partial charge in [0.15, 0.2) is 0 Å². The van der Waals surface area contributed by atoms with Crippen molar-refractivity contribution in [2.75, 3.05) is 6.54 Å². The van der Waals surface area contributed by atoms with Crippen LogP contribution in [0, 0.1) is 5.92 Å². The second-order valence-electron chi connectivity index (χ2n) is 5.19. The number of hydrogen-bond donors (Lipinski definition) is 0. The Morgan fingerprint density at radius 3 is 2.53 bits per heavy atom. The maximum absolute atomic E-state index is 12.7. The van der Waals surface area contributed by atoms with Gasteiger partial charge in [-0.1, -0.05) is 11.6 Å². The van der Waals surface area contributed by atoms with Crippen molar-refractivity contribution >= 4 is 37.6 Å². The summed E-state index contributed by atoms with van der Waals surface area (Å²) in [6.45, 7) is 4.43. The molecular formula is C13H17BrClNO2S. The Kier molecular flexibility index (Phi) is 4.60. The molecule has 0 aliphatic heterocycles. The number of benzene rings is 1. The minimum atomic E-state index is -3.45. The fourth-order valence-electron chi connectivity index (χ4n) is 1.91. The summed E-state index contributed by atoms with van der Waals surface area (Å²) in [4.78, 5) is 0.290. The normalized spacial score (nSPS) is 16.3. The summed E-state index contributed by atoms with van der Waals surface area (Å²) < 4.78 is 27.5. The van der Waals surface area contributed by atoms with Crippen molar-refractivity contribution in [1.29, 1.82) is 0 Å². The Morgan fingerprint density at radius 2 is 2.05 bits per heavy atom. The van der Waals surface area contributed by atoms with Crippen molar-refractivity contribution in [2.24, 2.45) is 5.92 Å². The molecule has 0 N–H and O–H groups in total. The molecule has 0 amide bonds. The Balaban J connectivity index is 2.34. The first-order valence-corrected chi connectivity index (χ1v) is 8.90. The molecule has 1 aliphatic carbocycles. The lowest BCUT2D eigenvalue weighted by atomic mass is 10.3.